The Morgan fingerprint density at radius 3 is 2.63 bits per heavy atom. The van der Waals surface area contributed by atoms with Gasteiger partial charge in [0.05, 0.1) is 12.7 Å². The molecule has 0 saturated heterocycles. The quantitative estimate of drug-likeness (QED) is 0.905. The molecule has 0 aliphatic heterocycles. The number of rotatable bonds is 4. The summed E-state index contributed by atoms with van der Waals surface area (Å²) in [6.45, 7) is 6.76. The molecule has 1 saturated carbocycles. The number of ether oxygens (including phenoxy) is 2. The Hall–Kier alpha value is -1.22. The van der Waals surface area contributed by atoms with Gasteiger partial charge in [-0.3, -0.25) is 0 Å². The van der Waals surface area contributed by atoms with E-state index in [2.05, 4.69) is 13.8 Å². The smallest absolute Gasteiger partial charge is 0.161 e. The monoisotopic (exact) mass is 264 g/mol. The van der Waals surface area contributed by atoms with Crippen molar-refractivity contribution in [2.45, 2.75) is 52.2 Å². The maximum absolute atomic E-state index is 10.4. The first-order valence-electron chi connectivity index (χ1n) is 7.11. The Kier molecular flexibility index (Phi) is 4.35. The molecule has 3 nitrogen and oxygen atoms in total. The molecule has 2 rings (SSSR count). The largest absolute Gasteiger partial charge is 0.490 e. The summed E-state index contributed by atoms with van der Waals surface area (Å²) in [6.07, 6.45) is 2.44. The molecule has 19 heavy (non-hydrogen) atoms. The molecule has 1 aromatic carbocycles. The molecular formula is C16H24O3. The Balaban J connectivity index is 2.12. The van der Waals surface area contributed by atoms with Crippen molar-refractivity contribution < 1.29 is 14.6 Å². The van der Waals surface area contributed by atoms with E-state index in [4.69, 9.17) is 9.47 Å². The molecule has 1 aromatic rings. The van der Waals surface area contributed by atoms with Gasteiger partial charge in [0.15, 0.2) is 11.5 Å². The van der Waals surface area contributed by atoms with Gasteiger partial charge >= 0.3 is 0 Å². The van der Waals surface area contributed by atoms with E-state index in [1.54, 1.807) is 0 Å². The molecule has 0 bridgehead atoms. The average Bonchev–Trinajstić information content (AvgIpc) is 2.37. The van der Waals surface area contributed by atoms with Crippen LogP contribution in [0.3, 0.4) is 0 Å². The van der Waals surface area contributed by atoms with Crippen molar-refractivity contribution in [3.05, 3.63) is 24.3 Å². The highest BCUT2D eigenvalue weighted by molar-refractivity contribution is 5.39. The summed E-state index contributed by atoms with van der Waals surface area (Å²) in [5.41, 5.74) is -0.0799. The Labute approximate surface area is 115 Å². The van der Waals surface area contributed by atoms with E-state index in [0.29, 0.717) is 6.61 Å². The van der Waals surface area contributed by atoms with Crippen molar-refractivity contribution in [1.29, 1.82) is 0 Å². The number of aliphatic hydroxyl groups is 1. The summed E-state index contributed by atoms with van der Waals surface area (Å²) >= 11 is 0. The van der Waals surface area contributed by atoms with Crippen LogP contribution in [0.4, 0.5) is 0 Å². The molecule has 1 aliphatic carbocycles. The first kappa shape index (κ1) is 14.2. The number of aliphatic hydroxyl groups excluding tert-OH is 1. The predicted molar refractivity (Wildman–Crippen MR) is 75.7 cm³/mol. The van der Waals surface area contributed by atoms with E-state index in [1.165, 1.54) is 0 Å². The minimum absolute atomic E-state index is 0.0799. The minimum atomic E-state index is -0.434. The van der Waals surface area contributed by atoms with Crippen LogP contribution in [-0.2, 0) is 0 Å². The third-order valence-corrected chi connectivity index (χ3v) is 3.89. The zero-order valence-electron chi connectivity index (χ0n) is 12.1. The van der Waals surface area contributed by atoms with Crippen LogP contribution in [0.2, 0.25) is 0 Å². The molecule has 106 valence electrons. The van der Waals surface area contributed by atoms with Crippen molar-refractivity contribution in [1.82, 2.24) is 0 Å². The summed E-state index contributed by atoms with van der Waals surface area (Å²) in [4.78, 5) is 0. The predicted octanol–water partition coefficient (Wildman–Crippen LogP) is 3.40. The van der Waals surface area contributed by atoms with E-state index < -0.39 is 6.10 Å². The van der Waals surface area contributed by atoms with Crippen molar-refractivity contribution >= 4 is 0 Å². The van der Waals surface area contributed by atoms with Gasteiger partial charge < -0.3 is 14.6 Å². The molecule has 1 fully saturated rings. The second-order valence-corrected chi connectivity index (χ2v) is 5.86. The standard InChI is InChI=1S/C16H24O3/c1-4-18-12-8-5-6-9-13(12)19-14-10-7-11-16(2,3)15(14)17/h5-6,8-9,14-15,17H,4,7,10-11H2,1-3H3. The van der Waals surface area contributed by atoms with E-state index in [1.807, 2.05) is 31.2 Å². The summed E-state index contributed by atoms with van der Waals surface area (Å²) in [7, 11) is 0. The Bertz CT molecular complexity index is 414. The molecule has 1 aliphatic rings. The van der Waals surface area contributed by atoms with Crippen LogP contribution >= 0.6 is 0 Å². The van der Waals surface area contributed by atoms with E-state index in [-0.39, 0.29) is 11.5 Å². The molecule has 3 heteroatoms. The molecule has 0 spiro atoms. The SMILES string of the molecule is CCOc1ccccc1OC1CCCC(C)(C)C1O. The highest BCUT2D eigenvalue weighted by Gasteiger charge is 2.39. The summed E-state index contributed by atoms with van der Waals surface area (Å²) < 4.78 is 11.6. The van der Waals surface area contributed by atoms with E-state index >= 15 is 0 Å². The first-order chi connectivity index (χ1) is 9.04. The van der Waals surface area contributed by atoms with E-state index in [9.17, 15) is 5.11 Å². The number of hydrogen-bond donors (Lipinski definition) is 1. The van der Waals surface area contributed by atoms with Gasteiger partial charge in [0, 0.05) is 0 Å². The van der Waals surface area contributed by atoms with E-state index in [0.717, 1.165) is 30.8 Å². The summed E-state index contributed by atoms with van der Waals surface area (Å²) in [5.74, 6) is 1.48. The first-order valence-corrected chi connectivity index (χ1v) is 7.11. The second-order valence-electron chi connectivity index (χ2n) is 5.86. The van der Waals surface area contributed by atoms with Gasteiger partial charge in [-0.1, -0.05) is 26.0 Å². The molecule has 0 amide bonds. The minimum Gasteiger partial charge on any atom is -0.490 e. The van der Waals surface area contributed by atoms with Crippen LogP contribution in [0.1, 0.15) is 40.0 Å². The molecule has 2 atom stereocenters. The maximum Gasteiger partial charge on any atom is 0.161 e. The number of hydrogen-bond acceptors (Lipinski definition) is 3. The van der Waals surface area contributed by atoms with Crippen LogP contribution in [0.25, 0.3) is 0 Å². The van der Waals surface area contributed by atoms with Gasteiger partial charge in [0.25, 0.3) is 0 Å². The van der Waals surface area contributed by atoms with Gasteiger partial charge in [-0.25, -0.2) is 0 Å². The van der Waals surface area contributed by atoms with Crippen LogP contribution in [0.5, 0.6) is 11.5 Å². The Morgan fingerprint density at radius 2 is 1.95 bits per heavy atom. The maximum atomic E-state index is 10.4. The van der Waals surface area contributed by atoms with Gasteiger partial charge in [-0.2, -0.15) is 0 Å². The van der Waals surface area contributed by atoms with Gasteiger partial charge in [0.1, 0.15) is 6.10 Å². The Morgan fingerprint density at radius 1 is 1.26 bits per heavy atom. The lowest BCUT2D eigenvalue weighted by atomic mass is 9.73. The van der Waals surface area contributed by atoms with Crippen LogP contribution in [0, 0.1) is 5.41 Å². The number of para-hydroxylation sites is 2. The molecule has 1 N–H and O–H groups in total. The van der Waals surface area contributed by atoms with Crippen LogP contribution < -0.4 is 9.47 Å². The normalized spacial score (nSPS) is 25.9. The third-order valence-electron chi connectivity index (χ3n) is 3.89. The number of benzene rings is 1. The topological polar surface area (TPSA) is 38.7 Å². The van der Waals surface area contributed by atoms with Crippen molar-refractivity contribution in [2.24, 2.45) is 5.41 Å². The second kappa shape index (κ2) is 5.83. The summed E-state index contributed by atoms with van der Waals surface area (Å²) in [5, 5.41) is 10.4. The fourth-order valence-electron chi connectivity index (χ4n) is 2.68. The lowest BCUT2D eigenvalue weighted by Gasteiger charge is -2.40. The van der Waals surface area contributed by atoms with Crippen molar-refractivity contribution in [3.63, 3.8) is 0 Å². The highest BCUT2D eigenvalue weighted by Crippen LogP contribution is 2.38. The lowest BCUT2D eigenvalue weighted by molar-refractivity contribution is -0.0696. The molecule has 0 aromatic heterocycles. The van der Waals surface area contributed by atoms with Crippen molar-refractivity contribution in [2.75, 3.05) is 6.61 Å². The van der Waals surface area contributed by atoms with Gasteiger partial charge in [0.2, 0.25) is 0 Å². The zero-order chi connectivity index (χ0) is 13.9. The van der Waals surface area contributed by atoms with Gasteiger partial charge in [-0.05, 0) is 43.7 Å². The molecule has 0 heterocycles. The fraction of sp³-hybridized carbons (Fsp3) is 0.625. The van der Waals surface area contributed by atoms with Crippen molar-refractivity contribution in [3.8, 4) is 11.5 Å². The fourth-order valence-corrected chi connectivity index (χ4v) is 2.68. The average molecular weight is 264 g/mol. The van der Waals surface area contributed by atoms with Crippen LogP contribution in [-0.4, -0.2) is 23.9 Å². The zero-order valence-corrected chi connectivity index (χ0v) is 12.1. The molecule has 0 radical (unpaired) electrons. The lowest BCUT2D eigenvalue weighted by Crippen LogP contribution is -2.46. The third kappa shape index (κ3) is 3.21. The summed E-state index contributed by atoms with van der Waals surface area (Å²) in [6, 6.07) is 7.66. The van der Waals surface area contributed by atoms with Gasteiger partial charge in [-0.15, -0.1) is 0 Å². The highest BCUT2D eigenvalue weighted by atomic mass is 16.5. The molecular weight excluding hydrogens is 240 g/mol. The molecule has 2 unspecified atom stereocenters. The van der Waals surface area contributed by atoms with Crippen LogP contribution in [0.15, 0.2) is 24.3 Å².